The number of aromatic nitrogens is 1. The predicted molar refractivity (Wildman–Crippen MR) is 100 cm³/mol. The molecule has 0 amide bonds. The third-order valence-electron chi connectivity index (χ3n) is 4.24. The van der Waals surface area contributed by atoms with Crippen molar-refractivity contribution in [3.63, 3.8) is 0 Å². The van der Waals surface area contributed by atoms with E-state index in [4.69, 9.17) is 4.74 Å². The van der Waals surface area contributed by atoms with Crippen molar-refractivity contribution >= 4 is 10.0 Å². The summed E-state index contributed by atoms with van der Waals surface area (Å²) in [6.07, 6.45) is 3.89. The minimum Gasteiger partial charge on any atom is -0.491 e. The fourth-order valence-electron chi connectivity index (χ4n) is 3.07. The number of hydrogen-bond acceptors (Lipinski definition) is 5. The fraction of sp³-hybridized carbons (Fsp3) is 0.421. The summed E-state index contributed by atoms with van der Waals surface area (Å²) >= 11 is 0. The molecule has 1 saturated heterocycles. The molecule has 6 nitrogen and oxygen atoms in total. The second-order valence-electron chi connectivity index (χ2n) is 6.84. The van der Waals surface area contributed by atoms with Crippen molar-refractivity contribution in [3.05, 3.63) is 54.4 Å². The standard InChI is InChI=1S/C19H25N3O3S/c1-15(2)25-18-7-5-16(6-8-18)13-22-11-9-17(14-22)21-26(23,24)19-4-3-10-20-12-19/h3-8,10,12,15,17,21H,9,11,13-14H2,1-2H3/t17-/m1/s1. The summed E-state index contributed by atoms with van der Waals surface area (Å²) in [5, 5.41) is 0. The highest BCUT2D eigenvalue weighted by Gasteiger charge is 2.27. The Morgan fingerprint density at radius 1 is 1.27 bits per heavy atom. The van der Waals surface area contributed by atoms with E-state index in [1.165, 1.54) is 11.8 Å². The Hall–Kier alpha value is -1.96. The lowest BCUT2D eigenvalue weighted by Crippen LogP contribution is -2.37. The average Bonchev–Trinajstić information content (AvgIpc) is 3.03. The SMILES string of the molecule is CC(C)Oc1ccc(CN2CC[C@@H](NS(=O)(=O)c3cccnc3)C2)cc1. The Morgan fingerprint density at radius 2 is 2.04 bits per heavy atom. The fourth-order valence-corrected chi connectivity index (χ4v) is 4.29. The second kappa shape index (κ2) is 8.16. The zero-order valence-corrected chi connectivity index (χ0v) is 15.9. The van der Waals surface area contributed by atoms with Crippen LogP contribution in [-0.4, -0.2) is 43.5 Å². The highest BCUT2D eigenvalue weighted by molar-refractivity contribution is 7.89. The van der Waals surface area contributed by atoms with Gasteiger partial charge in [0.25, 0.3) is 0 Å². The van der Waals surface area contributed by atoms with E-state index in [1.54, 1.807) is 18.3 Å². The molecule has 0 aliphatic carbocycles. The minimum absolute atomic E-state index is 0.0799. The van der Waals surface area contributed by atoms with Crippen LogP contribution in [0.15, 0.2) is 53.7 Å². The van der Waals surface area contributed by atoms with E-state index in [0.29, 0.717) is 6.54 Å². The van der Waals surface area contributed by atoms with Crippen LogP contribution in [0, 0.1) is 0 Å². The maximum Gasteiger partial charge on any atom is 0.242 e. The summed E-state index contributed by atoms with van der Waals surface area (Å²) < 4.78 is 33.2. The molecular formula is C19H25N3O3S. The van der Waals surface area contributed by atoms with Crippen LogP contribution in [0.1, 0.15) is 25.8 Å². The number of nitrogens with zero attached hydrogens (tertiary/aromatic N) is 2. The van der Waals surface area contributed by atoms with Crippen LogP contribution in [-0.2, 0) is 16.6 Å². The largest absolute Gasteiger partial charge is 0.491 e. The highest BCUT2D eigenvalue weighted by Crippen LogP contribution is 2.19. The molecule has 1 fully saturated rings. The maximum atomic E-state index is 12.4. The van der Waals surface area contributed by atoms with Crippen molar-refractivity contribution in [1.29, 1.82) is 0 Å². The summed E-state index contributed by atoms with van der Waals surface area (Å²) in [5.41, 5.74) is 1.19. The van der Waals surface area contributed by atoms with Gasteiger partial charge in [-0.05, 0) is 50.1 Å². The maximum absolute atomic E-state index is 12.4. The molecule has 0 radical (unpaired) electrons. The Morgan fingerprint density at radius 3 is 2.69 bits per heavy atom. The van der Waals surface area contributed by atoms with E-state index in [1.807, 2.05) is 26.0 Å². The molecule has 2 heterocycles. The molecule has 26 heavy (non-hydrogen) atoms. The average molecular weight is 375 g/mol. The highest BCUT2D eigenvalue weighted by atomic mass is 32.2. The lowest BCUT2D eigenvalue weighted by molar-refractivity contribution is 0.242. The number of nitrogens with one attached hydrogen (secondary N) is 1. The third kappa shape index (κ3) is 5.03. The third-order valence-corrected chi connectivity index (χ3v) is 5.75. The van der Waals surface area contributed by atoms with E-state index in [0.717, 1.165) is 25.3 Å². The quantitative estimate of drug-likeness (QED) is 0.805. The topological polar surface area (TPSA) is 71.5 Å². The van der Waals surface area contributed by atoms with Crippen molar-refractivity contribution < 1.29 is 13.2 Å². The number of rotatable bonds is 7. The monoisotopic (exact) mass is 375 g/mol. The first kappa shape index (κ1) is 18.8. The summed E-state index contributed by atoms with van der Waals surface area (Å²) in [5.74, 6) is 0.868. The number of ether oxygens (including phenoxy) is 1. The minimum atomic E-state index is -3.51. The Labute approximate surface area is 155 Å². The van der Waals surface area contributed by atoms with Gasteiger partial charge in [0.05, 0.1) is 6.10 Å². The summed E-state index contributed by atoms with van der Waals surface area (Å²) in [6, 6.07) is 11.2. The van der Waals surface area contributed by atoms with Crippen molar-refractivity contribution in [2.75, 3.05) is 13.1 Å². The first-order chi connectivity index (χ1) is 12.4. The lowest BCUT2D eigenvalue weighted by atomic mass is 10.2. The van der Waals surface area contributed by atoms with Crippen LogP contribution in [0.5, 0.6) is 5.75 Å². The van der Waals surface area contributed by atoms with E-state index >= 15 is 0 Å². The summed E-state index contributed by atoms with van der Waals surface area (Å²) in [4.78, 5) is 6.35. The van der Waals surface area contributed by atoms with Crippen LogP contribution in [0.4, 0.5) is 0 Å². The lowest BCUT2D eigenvalue weighted by Gasteiger charge is -2.17. The Kier molecular flexibility index (Phi) is 5.90. The van der Waals surface area contributed by atoms with Gasteiger partial charge in [0, 0.05) is 38.1 Å². The zero-order valence-electron chi connectivity index (χ0n) is 15.1. The van der Waals surface area contributed by atoms with Crippen LogP contribution in [0.3, 0.4) is 0 Å². The first-order valence-electron chi connectivity index (χ1n) is 8.83. The first-order valence-corrected chi connectivity index (χ1v) is 10.3. The molecule has 0 spiro atoms. The van der Waals surface area contributed by atoms with Crippen LogP contribution < -0.4 is 9.46 Å². The molecule has 1 aliphatic rings. The van der Waals surface area contributed by atoms with Gasteiger partial charge in [0.1, 0.15) is 10.6 Å². The number of hydrogen-bond donors (Lipinski definition) is 1. The second-order valence-corrected chi connectivity index (χ2v) is 8.56. The van der Waals surface area contributed by atoms with Crippen LogP contribution in [0.25, 0.3) is 0 Å². The molecule has 0 saturated carbocycles. The van der Waals surface area contributed by atoms with E-state index in [-0.39, 0.29) is 17.0 Å². The predicted octanol–water partition coefficient (Wildman–Crippen LogP) is 2.42. The van der Waals surface area contributed by atoms with Gasteiger partial charge in [-0.25, -0.2) is 13.1 Å². The van der Waals surface area contributed by atoms with Crippen molar-refractivity contribution in [2.45, 2.75) is 43.9 Å². The summed E-state index contributed by atoms with van der Waals surface area (Å²) in [7, 11) is -3.51. The smallest absolute Gasteiger partial charge is 0.242 e. The number of benzene rings is 1. The van der Waals surface area contributed by atoms with Gasteiger partial charge in [-0.1, -0.05) is 12.1 Å². The van der Waals surface area contributed by atoms with E-state index in [2.05, 4.69) is 26.7 Å². The van der Waals surface area contributed by atoms with Crippen molar-refractivity contribution in [1.82, 2.24) is 14.6 Å². The van der Waals surface area contributed by atoms with Gasteiger partial charge >= 0.3 is 0 Å². The van der Waals surface area contributed by atoms with E-state index < -0.39 is 10.0 Å². The molecule has 3 rings (SSSR count). The van der Waals surface area contributed by atoms with Gasteiger partial charge < -0.3 is 4.74 Å². The molecule has 1 aliphatic heterocycles. The molecule has 7 heteroatoms. The normalized spacial score (nSPS) is 18.3. The van der Waals surface area contributed by atoms with Gasteiger partial charge in [-0.3, -0.25) is 9.88 Å². The van der Waals surface area contributed by atoms with Gasteiger partial charge in [0.2, 0.25) is 10.0 Å². The van der Waals surface area contributed by atoms with Gasteiger partial charge in [0.15, 0.2) is 0 Å². The number of pyridine rings is 1. The number of likely N-dealkylation sites (tertiary alicyclic amines) is 1. The van der Waals surface area contributed by atoms with Gasteiger partial charge in [-0.15, -0.1) is 0 Å². The molecule has 1 aromatic carbocycles. The number of sulfonamides is 1. The molecule has 0 bridgehead atoms. The van der Waals surface area contributed by atoms with Crippen LogP contribution in [0.2, 0.25) is 0 Å². The zero-order chi connectivity index (χ0) is 18.6. The Bertz CT molecular complexity index is 808. The molecule has 2 aromatic rings. The van der Waals surface area contributed by atoms with Crippen LogP contribution >= 0.6 is 0 Å². The molecule has 0 unspecified atom stereocenters. The molecule has 1 atom stereocenters. The van der Waals surface area contributed by atoms with Gasteiger partial charge in [-0.2, -0.15) is 0 Å². The molecule has 1 N–H and O–H groups in total. The van der Waals surface area contributed by atoms with Crippen molar-refractivity contribution in [3.8, 4) is 5.75 Å². The molecular weight excluding hydrogens is 350 g/mol. The van der Waals surface area contributed by atoms with Crippen molar-refractivity contribution in [2.24, 2.45) is 0 Å². The summed E-state index contributed by atoms with van der Waals surface area (Å²) in [6.45, 7) is 6.37. The Balaban J connectivity index is 1.54. The van der Waals surface area contributed by atoms with E-state index in [9.17, 15) is 8.42 Å². The molecule has 1 aromatic heterocycles. The molecule has 140 valence electrons.